The maximum atomic E-state index is 13.0. The highest BCUT2D eigenvalue weighted by Gasteiger charge is 2.33. The number of hydrogen-bond donors (Lipinski definition) is 1. The van der Waals surface area contributed by atoms with Crippen molar-refractivity contribution in [1.29, 1.82) is 0 Å². The van der Waals surface area contributed by atoms with Gasteiger partial charge in [0.2, 0.25) is 0 Å². The Morgan fingerprint density at radius 1 is 1.13 bits per heavy atom. The number of nitro groups is 1. The molecule has 154 valence electrons. The minimum Gasteiger partial charge on any atom is -0.306 e. The van der Waals surface area contributed by atoms with Crippen molar-refractivity contribution < 1.29 is 18.1 Å². The van der Waals surface area contributed by atoms with Gasteiger partial charge in [-0.05, 0) is 32.0 Å². The maximum Gasteiger partial charge on any atom is 0.273 e. The highest BCUT2D eigenvalue weighted by molar-refractivity contribution is 7.90. The molecule has 3 aromatic rings. The van der Waals surface area contributed by atoms with Gasteiger partial charge in [0.1, 0.15) is 5.82 Å². The summed E-state index contributed by atoms with van der Waals surface area (Å²) in [7, 11) is -3.33. The van der Waals surface area contributed by atoms with Crippen LogP contribution >= 0.6 is 0 Å². The number of sulfone groups is 1. The summed E-state index contributed by atoms with van der Waals surface area (Å²) in [5, 5.41) is 18.4. The Morgan fingerprint density at radius 2 is 1.83 bits per heavy atom. The standard InChI is InChI=1S/C20H18N4O5S/c1-12-6-8-14(9-7-12)23-19(16-10-30(28,29)11-17(16)22-23)21-20(25)15-4-3-5-18(13(15)2)24(26)27/h3-9H,10-11H2,1-2H3,(H,21,25). The van der Waals surface area contributed by atoms with Crippen molar-refractivity contribution in [1.82, 2.24) is 9.78 Å². The van der Waals surface area contributed by atoms with Gasteiger partial charge in [0, 0.05) is 22.8 Å². The molecule has 30 heavy (non-hydrogen) atoms. The van der Waals surface area contributed by atoms with E-state index in [1.165, 1.54) is 29.8 Å². The zero-order chi connectivity index (χ0) is 21.6. The molecule has 1 N–H and O–H groups in total. The number of benzene rings is 2. The van der Waals surface area contributed by atoms with E-state index in [0.29, 0.717) is 16.9 Å². The largest absolute Gasteiger partial charge is 0.306 e. The van der Waals surface area contributed by atoms with Crippen LogP contribution in [0.1, 0.15) is 32.7 Å². The van der Waals surface area contributed by atoms with Crippen molar-refractivity contribution in [3.05, 3.63) is 80.5 Å². The molecular weight excluding hydrogens is 408 g/mol. The molecule has 0 unspecified atom stereocenters. The number of hydrogen-bond acceptors (Lipinski definition) is 6. The van der Waals surface area contributed by atoms with E-state index in [9.17, 15) is 23.3 Å². The zero-order valence-electron chi connectivity index (χ0n) is 16.2. The van der Waals surface area contributed by atoms with Crippen LogP contribution in [0.15, 0.2) is 42.5 Å². The number of aryl methyl sites for hydroxylation is 1. The summed E-state index contributed by atoms with van der Waals surface area (Å²) in [4.78, 5) is 23.6. The molecule has 9 nitrogen and oxygen atoms in total. The van der Waals surface area contributed by atoms with Gasteiger partial charge in [-0.25, -0.2) is 13.1 Å². The molecule has 0 radical (unpaired) electrons. The molecule has 0 fully saturated rings. The van der Waals surface area contributed by atoms with Crippen molar-refractivity contribution >= 4 is 27.2 Å². The van der Waals surface area contributed by atoms with E-state index in [4.69, 9.17) is 0 Å². The topological polar surface area (TPSA) is 124 Å². The molecule has 0 aliphatic carbocycles. The van der Waals surface area contributed by atoms with Crippen LogP contribution in [-0.2, 0) is 21.3 Å². The fourth-order valence-corrected chi connectivity index (χ4v) is 4.98. The van der Waals surface area contributed by atoms with Gasteiger partial charge in [-0.15, -0.1) is 0 Å². The summed E-state index contributed by atoms with van der Waals surface area (Å²) in [6.45, 7) is 3.44. The van der Waals surface area contributed by atoms with Gasteiger partial charge >= 0.3 is 0 Å². The van der Waals surface area contributed by atoms with Crippen LogP contribution in [0.25, 0.3) is 5.69 Å². The number of nitro benzene ring substituents is 1. The first-order chi connectivity index (χ1) is 14.2. The summed E-state index contributed by atoms with van der Waals surface area (Å²) < 4.78 is 25.7. The summed E-state index contributed by atoms with van der Waals surface area (Å²) in [6, 6.07) is 11.7. The van der Waals surface area contributed by atoms with Crippen molar-refractivity contribution in [3.63, 3.8) is 0 Å². The third-order valence-electron chi connectivity index (χ3n) is 5.04. The minimum absolute atomic E-state index is 0.135. The van der Waals surface area contributed by atoms with E-state index in [1.807, 2.05) is 31.2 Å². The molecule has 2 heterocycles. The van der Waals surface area contributed by atoms with Gasteiger partial charge in [0.05, 0.1) is 27.8 Å². The lowest BCUT2D eigenvalue weighted by Crippen LogP contribution is -2.18. The Bertz CT molecular complexity index is 1290. The SMILES string of the molecule is Cc1ccc(-n2nc3c(c2NC(=O)c2cccc([N+](=O)[O-])c2C)CS(=O)(=O)C3)cc1. The summed E-state index contributed by atoms with van der Waals surface area (Å²) >= 11 is 0. The Kier molecular flexibility index (Phi) is 4.65. The Morgan fingerprint density at radius 3 is 2.50 bits per heavy atom. The molecule has 0 bridgehead atoms. The smallest absolute Gasteiger partial charge is 0.273 e. The number of nitrogens with one attached hydrogen (secondary N) is 1. The highest BCUT2D eigenvalue weighted by Crippen LogP contribution is 2.33. The molecule has 1 amide bonds. The van der Waals surface area contributed by atoms with Crippen molar-refractivity contribution in [3.8, 4) is 5.69 Å². The Hall–Kier alpha value is -3.53. The molecule has 4 rings (SSSR count). The number of anilines is 1. The third kappa shape index (κ3) is 3.45. The van der Waals surface area contributed by atoms with E-state index in [1.54, 1.807) is 0 Å². The van der Waals surface area contributed by atoms with Gasteiger partial charge in [-0.3, -0.25) is 14.9 Å². The number of amides is 1. The van der Waals surface area contributed by atoms with E-state index < -0.39 is 20.7 Å². The second kappa shape index (κ2) is 7.06. The second-order valence-electron chi connectivity index (χ2n) is 7.21. The number of carbonyl (C=O) groups is 1. The molecule has 1 aromatic heterocycles. The fourth-order valence-electron chi connectivity index (χ4n) is 3.49. The van der Waals surface area contributed by atoms with Crippen LogP contribution in [0.3, 0.4) is 0 Å². The van der Waals surface area contributed by atoms with Crippen LogP contribution in [-0.4, -0.2) is 29.0 Å². The van der Waals surface area contributed by atoms with E-state index in [0.717, 1.165) is 5.56 Å². The van der Waals surface area contributed by atoms with Crippen molar-refractivity contribution in [2.45, 2.75) is 25.4 Å². The average Bonchev–Trinajstić information content (AvgIpc) is 3.15. The van der Waals surface area contributed by atoms with Gasteiger partial charge in [-0.1, -0.05) is 23.8 Å². The average molecular weight is 426 g/mol. The zero-order valence-corrected chi connectivity index (χ0v) is 17.1. The molecule has 2 aromatic carbocycles. The predicted octanol–water partition coefficient (Wildman–Crippen LogP) is 3.08. The lowest BCUT2D eigenvalue weighted by molar-refractivity contribution is -0.385. The molecule has 0 saturated carbocycles. The maximum absolute atomic E-state index is 13.0. The number of aromatic nitrogens is 2. The van der Waals surface area contributed by atoms with Crippen LogP contribution in [0.5, 0.6) is 0 Å². The molecular formula is C20H18N4O5S. The number of fused-ring (bicyclic) bond motifs is 1. The molecule has 0 atom stereocenters. The first-order valence-electron chi connectivity index (χ1n) is 9.10. The van der Waals surface area contributed by atoms with Gasteiger partial charge < -0.3 is 5.32 Å². The predicted molar refractivity (Wildman–Crippen MR) is 110 cm³/mol. The Labute approximate surface area is 172 Å². The van der Waals surface area contributed by atoms with Gasteiger partial charge in [-0.2, -0.15) is 5.10 Å². The minimum atomic E-state index is -3.33. The molecule has 10 heteroatoms. The lowest BCUT2D eigenvalue weighted by Gasteiger charge is -2.12. The van der Waals surface area contributed by atoms with Crippen molar-refractivity contribution in [2.24, 2.45) is 0 Å². The summed E-state index contributed by atoms with van der Waals surface area (Å²) in [5.74, 6) is -0.736. The van der Waals surface area contributed by atoms with Gasteiger partial charge in [0.15, 0.2) is 9.84 Å². The number of rotatable bonds is 4. The molecule has 0 spiro atoms. The summed E-state index contributed by atoms with van der Waals surface area (Å²) in [5.41, 5.74) is 2.73. The molecule has 0 saturated heterocycles. The quantitative estimate of drug-likeness (QED) is 0.505. The first-order valence-corrected chi connectivity index (χ1v) is 10.9. The van der Waals surface area contributed by atoms with Crippen LogP contribution in [0.2, 0.25) is 0 Å². The monoisotopic (exact) mass is 426 g/mol. The molecule has 1 aliphatic rings. The number of carbonyl (C=O) groups excluding carboxylic acids is 1. The van der Waals surface area contributed by atoms with Crippen molar-refractivity contribution in [2.75, 3.05) is 5.32 Å². The van der Waals surface area contributed by atoms with Crippen LogP contribution in [0.4, 0.5) is 11.5 Å². The Balaban J connectivity index is 1.79. The summed E-state index contributed by atoms with van der Waals surface area (Å²) in [6.07, 6.45) is 0. The molecule has 1 aliphatic heterocycles. The van der Waals surface area contributed by atoms with E-state index >= 15 is 0 Å². The third-order valence-corrected chi connectivity index (χ3v) is 6.49. The first kappa shape index (κ1) is 19.8. The van der Waals surface area contributed by atoms with Crippen LogP contribution in [0, 0.1) is 24.0 Å². The normalized spacial score (nSPS) is 14.3. The van der Waals surface area contributed by atoms with Gasteiger partial charge in [0.25, 0.3) is 11.6 Å². The second-order valence-corrected chi connectivity index (χ2v) is 9.28. The highest BCUT2D eigenvalue weighted by atomic mass is 32.2. The van der Waals surface area contributed by atoms with E-state index in [2.05, 4.69) is 10.4 Å². The fraction of sp³-hybridized carbons (Fsp3) is 0.200. The van der Waals surface area contributed by atoms with E-state index in [-0.39, 0.29) is 34.1 Å². The lowest BCUT2D eigenvalue weighted by atomic mass is 10.1. The van der Waals surface area contributed by atoms with Crippen LogP contribution < -0.4 is 5.32 Å². The number of nitrogens with zero attached hydrogens (tertiary/aromatic N) is 3.